The monoisotopic (exact) mass is 331 g/mol. The number of carboxylic acids is 1. The van der Waals surface area contributed by atoms with Gasteiger partial charge in [0.2, 0.25) is 0 Å². The molecule has 3 aromatic rings. The van der Waals surface area contributed by atoms with Crippen molar-refractivity contribution in [3.8, 4) is 11.3 Å². The lowest BCUT2D eigenvalue weighted by Crippen LogP contribution is -1.98. The molecule has 0 fully saturated rings. The molecular weight excluding hydrogens is 322 g/mol. The van der Waals surface area contributed by atoms with Gasteiger partial charge in [0.1, 0.15) is 4.60 Å². The van der Waals surface area contributed by atoms with E-state index in [1.54, 1.807) is 6.07 Å². The fourth-order valence-electron chi connectivity index (χ4n) is 2.00. The van der Waals surface area contributed by atoms with E-state index in [1.807, 2.05) is 37.3 Å². The summed E-state index contributed by atoms with van der Waals surface area (Å²) in [6.07, 6.45) is 0. The molecule has 1 aromatic carbocycles. The second-order valence-corrected chi connectivity index (χ2v) is 5.17. The quantitative estimate of drug-likeness (QED) is 0.783. The molecule has 0 aliphatic carbocycles. The van der Waals surface area contributed by atoms with Crippen LogP contribution in [-0.2, 0) is 0 Å². The predicted molar refractivity (Wildman–Crippen MR) is 77.8 cm³/mol. The third kappa shape index (κ3) is 2.08. The number of nitrogens with zero attached hydrogens (tertiary/aromatic N) is 3. The van der Waals surface area contributed by atoms with Crippen molar-refractivity contribution in [2.75, 3.05) is 0 Å². The minimum absolute atomic E-state index is 0.0427. The number of hydrogen-bond acceptors (Lipinski definition) is 3. The van der Waals surface area contributed by atoms with Gasteiger partial charge >= 0.3 is 5.97 Å². The van der Waals surface area contributed by atoms with Crippen LogP contribution in [0, 0.1) is 6.92 Å². The number of imidazole rings is 1. The Bertz CT molecular complexity index is 826. The number of aromatic carboxylic acids is 1. The van der Waals surface area contributed by atoms with Gasteiger partial charge in [-0.25, -0.2) is 14.3 Å². The summed E-state index contributed by atoms with van der Waals surface area (Å²) in [5, 5.41) is 13.5. The fraction of sp³-hybridized carbons (Fsp3) is 0.0714. The molecule has 0 unspecified atom stereocenters. The van der Waals surface area contributed by atoms with Crippen LogP contribution in [0.1, 0.15) is 16.1 Å². The molecule has 0 radical (unpaired) electrons. The Balaban J connectivity index is 2.20. The molecule has 6 heteroatoms. The third-order valence-electron chi connectivity index (χ3n) is 2.94. The highest BCUT2D eigenvalue weighted by molar-refractivity contribution is 9.10. The fourth-order valence-corrected chi connectivity index (χ4v) is 2.52. The van der Waals surface area contributed by atoms with E-state index in [-0.39, 0.29) is 5.69 Å². The molecule has 5 nitrogen and oxygen atoms in total. The van der Waals surface area contributed by atoms with E-state index in [1.165, 1.54) is 4.52 Å². The van der Waals surface area contributed by atoms with E-state index in [0.29, 0.717) is 10.3 Å². The van der Waals surface area contributed by atoms with Crippen molar-refractivity contribution >= 4 is 27.5 Å². The second-order valence-electron chi connectivity index (χ2n) is 4.41. The first kappa shape index (κ1) is 12.8. The number of hydrogen-bond donors (Lipinski definition) is 1. The summed E-state index contributed by atoms with van der Waals surface area (Å²) in [6, 6.07) is 11.5. The van der Waals surface area contributed by atoms with E-state index in [9.17, 15) is 4.79 Å². The Morgan fingerprint density at radius 2 is 2.10 bits per heavy atom. The zero-order chi connectivity index (χ0) is 14.3. The van der Waals surface area contributed by atoms with Crippen LogP contribution in [0.15, 0.2) is 41.0 Å². The standard InChI is InChI=1S/C14H10BrN3O2/c1-8-3-2-4-9(7-8)10-5-6-11-16-12(14(19)20)13(15)18(11)17-10/h2-7H,1H3,(H,19,20). The zero-order valence-electron chi connectivity index (χ0n) is 10.5. The van der Waals surface area contributed by atoms with Crippen LogP contribution in [0.3, 0.4) is 0 Å². The number of fused-ring (bicyclic) bond motifs is 1. The zero-order valence-corrected chi connectivity index (χ0v) is 12.1. The van der Waals surface area contributed by atoms with Crippen molar-refractivity contribution in [3.63, 3.8) is 0 Å². The summed E-state index contributed by atoms with van der Waals surface area (Å²) >= 11 is 3.23. The molecular formula is C14H10BrN3O2. The van der Waals surface area contributed by atoms with Crippen molar-refractivity contribution in [1.29, 1.82) is 0 Å². The van der Waals surface area contributed by atoms with Crippen molar-refractivity contribution in [3.05, 3.63) is 52.3 Å². The Morgan fingerprint density at radius 3 is 2.80 bits per heavy atom. The number of rotatable bonds is 2. The average molecular weight is 332 g/mol. The highest BCUT2D eigenvalue weighted by Crippen LogP contribution is 2.22. The summed E-state index contributed by atoms with van der Waals surface area (Å²) in [6.45, 7) is 2.01. The highest BCUT2D eigenvalue weighted by atomic mass is 79.9. The van der Waals surface area contributed by atoms with Crippen LogP contribution in [0.25, 0.3) is 16.9 Å². The normalized spacial score (nSPS) is 10.9. The molecule has 2 heterocycles. The summed E-state index contributed by atoms with van der Waals surface area (Å²) in [5.41, 5.74) is 3.32. The van der Waals surface area contributed by atoms with E-state index in [2.05, 4.69) is 26.0 Å². The van der Waals surface area contributed by atoms with Crippen LogP contribution in [0.2, 0.25) is 0 Å². The number of halogens is 1. The largest absolute Gasteiger partial charge is 0.476 e. The minimum atomic E-state index is -1.08. The van der Waals surface area contributed by atoms with Crippen LogP contribution < -0.4 is 0 Å². The molecule has 0 amide bonds. The lowest BCUT2D eigenvalue weighted by atomic mass is 10.1. The van der Waals surface area contributed by atoms with Crippen LogP contribution in [0.5, 0.6) is 0 Å². The third-order valence-corrected chi connectivity index (χ3v) is 3.65. The Hall–Kier alpha value is -2.21. The predicted octanol–water partition coefficient (Wildman–Crippen LogP) is 3.17. The molecule has 0 aliphatic rings. The van der Waals surface area contributed by atoms with Gasteiger partial charge in [0, 0.05) is 5.56 Å². The van der Waals surface area contributed by atoms with Gasteiger partial charge in [0.25, 0.3) is 0 Å². The van der Waals surface area contributed by atoms with E-state index in [4.69, 9.17) is 5.11 Å². The van der Waals surface area contributed by atoms with Crippen molar-refractivity contribution in [2.24, 2.45) is 0 Å². The van der Waals surface area contributed by atoms with Crippen LogP contribution in [0.4, 0.5) is 0 Å². The Kier molecular flexibility index (Phi) is 3.02. The lowest BCUT2D eigenvalue weighted by Gasteiger charge is -2.03. The van der Waals surface area contributed by atoms with E-state index >= 15 is 0 Å². The minimum Gasteiger partial charge on any atom is -0.476 e. The maximum absolute atomic E-state index is 11.1. The maximum Gasteiger partial charge on any atom is 0.357 e. The second kappa shape index (κ2) is 4.72. The Morgan fingerprint density at radius 1 is 1.30 bits per heavy atom. The van der Waals surface area contributed by atoms with Crippen LogP contribution in [-0.4, -0.2) is 25.7 Å². The van der Waals surface area contributed by atoms with E-state index in [0.717, 1.165) is 16.8 Å². The molecule has 0 atom stereocenters. The van der Waals surface area contributed by atoms with Gasteiger partial charge in [-0.05, 0) is 41.1 Å². The number of carboxylic acid groups (broad SMARTS) is 1. The number of benzene rings is 1. The number of carbonyl (C=O) groups is 1. The highest BCUT2D eigenvalue weighted by Gasteiger charge is 2.17. The first-order chi connectivity index (χ1) is 9.56. The molecule has 1 N–H and O–H groups in total. The summed E-state index contributed by atoms with van der Waals surface area (Å²) in [5.74, 6) is -1.08. The van der Waals surface area contributed by atoms with Gasteiger partial charge in [-0.2, -0.15) is 5.10 Å². The van der Waals surface area contributed by atoms with Gasteiger partial charge in [-0.15, -0.1) is 0 Å². The average Bonchev–Trinajstić information content (AvgIpc) is 2.76. The molecule has 2 aromatic heterocycles. The van der Waals surface area contributed by atoms with Crippen molar-refractivity contribution in [1.82, 2.24) is 14.6 Å². The molecule has 100 valence electrons. The van der Waals surface area contributed by atoms with Gasteiger partial charge in [-0.1, -0.05) is 23.8 Å². The molecule has 0 spiro atoms. The van der Waals surface area contributed by atoms with Crippen molar-refractivity contribution < 1.29 is 9.90 Å². The molecule has 0 aliphatic heterocycles. The first-order valence-electron chi connectivity index (χ1n) is 5.92. The SMILES string of the molecule is Cc1cccc(-c2ccc3nc(C(=O)O)c(Br)n3n2)c1. The summed E-state index contributed by atoms with van der Waals surface area (Å²) in [7, 11) is 0. The smallest absolute Gasteiger partial charge is 0.357 e. The van der Waals surface area contributed by atoms with Gasteiger partial charge in [0.05, 0.1) is 5.69 Å². The summed E-state index contributed by atoms with van der Waals surface area (Å²) < 4.78 is 1.83. The molecule has 3 rings (SSSR count). The Labute approximate surface area is 123 Å². The first-order valence-corrected chi connectivity index (χ1v) is 6.71. The van der Waals surface area contributed by atoms with Crippen molar-refractivity contribution in [2.45, 2.75) is 6.92 Å². The number of aromatic nitrogens is 3. The molecule has 0 saturated carbocycles. The maximum atomic E-state index is 11.1. The molecule has 0 saturated heterocycles. The van der Waals surface area contributed by atoms with E-state index < -0.39 is 5.97 Å². The van der Waals surface area contributed by atoms with Gasteiger partial charge in [-0.3, -0.25) is 0 Å². The molecule has 20 heavy (non-hydrogen) atoms. The lowest BCUT2D eigenvalue weighted by molar-refractivity contribution is 0.0690. The summed E-state index contributed by atoms with van der Waals surface area (Å²) in [4.78, 5) is 15.1. The van der Waals surface area contributed by atoms with Gasteiger partial charge < -0.3 is 5.11 Å². The number of aryl methyl sites for hydroxylation is 1. The topological polar surface area (TPSA) is 67.5 Å². The van der Waals surface area contributed by atoms with Crippen LogP contribution >= 0.6 is 15.9 Å². The molecule has 0 bridgehead atoms. The van der Waals surface area contributed by atoms with Gasteiger partial charge in [0.15, 0.2) is 11.3 Å².